The summed E-state index contributed by atoms with van der Waals surface area (Å²) in [6, 6.07) is 14.3. The van der Waals surface area contributed by atoms with E-state index in [4.69, 9.17) is 13.9 Å². The molecule has 2 aromatic carbocycles. The Hall–Kier alpha value is -3.59. The fourth-order valence-electron chi connectivity index (χ4n) is 3.47. The van der Waals surface area contributed by atoms with Crippen LogP contribution >= 0.6 is 11.8 Å². The highest BCUT2D eigenvalue weighted by Gasteiger charge is 2.32. The molecule has 170 valence electrons. The molecule has 1 unspecified atom stereocenters. The number of hydrogen-bond acceptors (Lipinski definition) is 7. The molecule has 1 aliphatic heterocycles. The van der Waals surface area contributed by atoms with Crippen LogP contribution in [0.15, 0.2) is 62.7 Å². The number of hydrogen-bond donors (Lipinski definition) is 1. The van der Waals surface area contributed by atoms with E-state index in [0.29, 0.717) is 30.0 Å². The van der Waals surface area contributed by atoms with E-state index in [1.807, 2.05) is 30.3 Å². The zero-order valence-corrected chi connectivity index (χ0v) is 18.9. The molecular formula is C24H22N2O6S. The van der Waals surface area contributed by atoms with Crippen LogP contribution in [0, 0.1) is 0 Å². The number of thioether (sulfide) groups is 1. The highest BCUT2D eigenvalue weighted by Crippen LogP contribution is 2.29. The Morgan fingerprint density at radius 3 is 2.67 bits per heavy atom. The van der Waals surface area contributed by atoms with E-state index in [0.717, 1.165) is 22.7 Å². The number of fused-ring (bicyclic) bond motifs is 1. The third kappa shape index (κ3) is 5.09. The van der Waals surface area contributed by atoms with Crippen molar-refractivity contribution in [1.82, 2.24) is 5.32 Å². The summed E-state index contributed by atoms with van der Waals surface area (Å²) in [6.07, 6.45) is 0.569. The van der Waals surface area contributed by atoms with Gasteiger partial charge in [0.15, 0.2) is 11.5 Å². The summed E-state index contributed by atoms with van der Waals surface area (Å²) >= 11 is 1.11. The van der Waals surface area contributed by atoms with E-state index in [1.54, 1.807) is 32.4 Å². The molecule has 1 aromatic heterocycles. The molecule has 9 heteroatoms. The van der Waals surface area contributed by atoms with E-state index in [9.17, 15) is 14.4 Å². The molecule has 2 heterocycles. The molecule has 0 saturated heterocycles. The van der Waals surface area contributed by atoms with Crippen LogP contribution in [0.25, 0.3) is 11.0 Å². The third-order valence-electron chi connectivity index (χ3n) is 5.17. The first-order chi connectivity index (χ1) is 16.0. The van der Waals surface area contributed by atoms with Gasteiger partial charge in [-0.05, 0) is 36.2 Å². The fourth-order valence-corrected chi connectivity index (χ4v) is 4.54. The van der Waals surface area contributed by atoms with Crippen LogP contribution in [0.3, 0.4) is 0 Å². The van der Waals surface area contributed by atoms with Crippen molar-refractivity contribution in [3.8, 4) is 11.5 Å². The van der Waals surface area contributed by atoms with Crippen LogP contribution in [0.5, 0.6) is 11.5 Å². The van der Waals surface area contributed by atoms with Crippen molar-refractivity contribution in [3.63, 3.8) is 0 Å². The SMILES string of the molecule is COc1ccc(CCNC(=O)CC2SC(c3cc4ccccc4oc3=O)=NC2=O)cc1OC. The van der Waals surface area contributed by atoms with Crippen molar-refractivity contribution in [3.05, 3.63) is 70.1 Å². The van der Waals surface area contributed by atoms with E-state index in [-0.39, 0.29) is 22.9 Å². The molecule has 1 N–H and O–H groups in total. The number of rotatable bonds is 8. The average molecular weight is 467 g/mol. The number of benzene rings is 2. The van der Waals surface area contributed by atoms with Gasteiger partial charge in [0.1, 0.15) is 15.9 Å². The minimum absolute atomic E-state index is 0.0264. The molecule has 8 nitrogen and oxygen atoms in total. The van der Waals surface area contributed by atoms with Gasteiger partial charge in [-0.15, -0.1) is 0 Å². The van der Waals surface area contributed by atoms with Gasteiger partial charge in [0.2, 0.25) is 5.91 Å². The van der Waals surface area contributed by atoms with Gasteiger partial charge in [-0.3, -0.25) is 9.59 Å². The lowest BCUT2D eigenvalue weighted by molar-refractivity contribution is -0.124. The number of carbonyl (C=O) groups is 2. The predicted octanol–water partition coefficient (Wildman–Crippen LogP) is 2.95. The molecule has 33 heavy (non-hydrogen) atoms. The van der Waals surface area contributed by atoms with Gasteiger partial charge >= 0.3 is 5.63 Å². The molecule has 1 atom stereocenters. The van der Waals surface area contributed by atoms with Crippen molar-refractivity contribution in [1.29, 1.82) is 0 Å². The quantitative estimate of drug-likeness (QED) is 0.509. The Bertz CT molecular complexity index is 1300. The van der Waals surface area contributed by atoms with Crippen molar-refractivity contribution in [2.24, 2.45) is 4.99 Å². The summed E-state index contributed by atoms with van der Waals surface area (Å²) in [5, 5.41) is 3.17. The second kappa shape index (κ2) is 9.91. The Morgan fingerprint density at radius 1 is 1.09 bits per heavy atom. The monoisotopic (exact) mass is 466 g/mol. The summed E-state index contributed by atoms with van der Waals surface area (Å²) in [5.41, 5.74) is 1.11. The van der Waals surface area contributed by atoms with Crippen molar-refractivity contribution < 1.29 is 23.5 Å². The number of para-hydroxylation sites is 1. The number of nitrogens with zero attached hydrogens (tertiary/aromatic N) is 1. The van der Waals surface area contributed by atoms with Gasteiger partial charge in [0.05, 0.1) is 19.8 Å². The maximum absolute atomic E-state index is 12.4. The van der Waals surface area contributed by atoms with Crippen LogP contribution in [0.2, 0.25) is 0 Å². The molecule has 0 aliphatic carbocycles. The smallest absolute Gasteiger partial charge is 0.346 e. The normalized spacial score (nSPS) is 15.4. The van der Waals surface area contributed by atoms with E-state index in [1.165, 1.54) is 0 Å². The van der Waals surface area contributed by atoms with Gasteiger partial charge < -0.3 is 19.2 Å². The minimum atomic E-state index is -0.674. The largest absolute Gasteiger partial charge is 0.493 e. The van der Waals surface area contributed by atoms with Crippen LogP contribution in [-0.4, -0.2) is 42.9 Å². The first kappa shape index (κ1) is 22.6. The topological polar surface area (TPSA) is 107 Å². The van der Waals surface area contributed by atoms with Crippen LogP contribution < -0.4 is 20.4 Å². The number of nitrogens with one attached hydrogen (secondary N) is 1. The molecule has 0 bridgehead atoms. The highest BCUT2D eigenvalue weighted by molar-refractivity contribution is 8.16. The van der Waals surface area contributed by atoms with Gasteiger partial charge in [-0.2, -0.15) is 0 Å². The molecule has 3 aromatic rings. The Labute approximate surface area is 194 Å². The summed E-state index contributed by atoms with van der Waals surface area (Å²) in [5.74, 6) is 0.566. The summed E-state index contributed by atoms with van der Waals surface area (Å²) in [6.45, 7) is 0.405. The van der Waals surface area contributed by atoms with E-state index >= 15 is 0 Å². The van der Waals surface area contributed by atoms with Gasteiger partial charge in [-0.25, -0.2) is 9.79 Å². The summed E-state index contributed by atoms with van der Waals surface area (Å²) in [7, 11) is 3.14. The molecule has 0 fully saturated rings. The molecule has 0 saturated carbocycles. The van der Waals surface area contributed by atoms with Crippen LogP contribution in [0.4, 0.5) is 0 Å². The Kier molecular flexibility index (Phi) is 6.79. The summed E-state index contributed by atoms with van der Waals surface area (Å²) in [4.78, 5) is 41.1. The fraction of sp³-hybridized carbons (Fsp3) is 0.250. The number of ether oxygens (including phenoxy) is 2. The predicted molar refractivity (Wildman–Crippen MR) is 126 cm³/mol. The Balaban J connectivity index is 1.33. The minimum Gasteiger partial charge on any atom is -0.493 e. The van der Waals surface area contributed by atoms with Gasteiger partial charge in [-0.1, -0.05) is 36.0 Å². The third-order valence-corrected chi connectivity index (χ3v) is 6.35. The number of methoxy groups -OCH3 is 2. The number of aliphatic imine (C=N–C) groups is 1. The first-order valence-electron chi connectivity index (χ1n) is 10.3. The zero-order valence-electron chi connectivity index (χ0n) is 18.1. The van der Waals surface area contributed by atoms with E-state index in [2.05, 4.69) is 10.3 Å². The average Bonchev–Trinajstić information content (AvgIpc) is 3.18. The molecule has 1 aliphatic rings. The highest BCUT2D eigenvalue weighted by atomic mass is 32.2. The maximum atomic E-state index is 12.4. The Morgan fingerprint density at radius 2 is 1.88 bits per heavy atom. The van der Waals surface area contributed by atoms with Crippen molar-refractivity contribution >= 4 is 39.6 Å². The molecule has 4 rings (SSSR count). The zero-order chi connectivity index (χ0) is 23.4. The molecular weight excluding hydrogens is 444 g/mol. The summed E-state index contributed by atoms with van der Waals surface area (Å²) < 4.78 is 15.8. The molecule has 0 spiro atoms. The second-order valence-electron chi connectivity index (χ2n) is 7.34. The van der Waals surface area contributed by atoms with E-state index < -0.39 is 16.8 Å². The lowest BCUT2D eigenvalue weighted by Crippen LogP contribution is -2.29. The van der Waals surface area contributed by atoms with Gasteiger partial charge in [0.25, 0.3) is 5.91 Å². The number of carbonyl (C=O) groups excluding carboxylic acids is 2. The lowest BCUT2D eigenvalue weighted by atomic mass is 10.1. The molecule has 0 radical (unpaired) electrons. The van der Waals surface area contributed by atoms with Crippen molar-refractivity contribution in [2.75, 3.05) is 20.8 Å². The van der Waals surface area contributed by atoms with Crippen LogP contribution in [0.1, 0.15) is 17.5 Å². The van der Waals surface area contributed by atoms with Gasteiger partial charge in [0, 0.05) is 18.4 Å². The lowest BCUT2D eigenvalue weighted by Gasteiger charge is -2.11. The van der Waals surface area contributed by atoms with Crippen molar-refractivity contribution in [2.45, 2.75) is 18.1 Å². The second-order valence-corrected chi connectivity index (χ2v) is 8.53. The molecule has 2 amide bonds. The standard InChI is InChI=1S/C24H22N2O6S/c1-30-18-8-7-14(11-19(18)31-2)9-10-25-21(27)13-20-22(28)26-23(33-20)16-12-15-5-3-4-6-17(15)32-24(16)29/h3-8,11-12,20H,9-10,13H2,1-2H3,(H,25,27). The number of amides is 2. The van der Waals surface area contributed by atoms with Crippen LogP contribution in [-0.2, 0) is 16.0 Å². The first-order valence-corrected chi connectivity index (χ1v) is 11.2. The maximum Gasteiger partial charge on any atom is 0.346 e.